The first-order valence-corrected chi connectivity index (χ1v) is 9.98. The highest BCUT2D eigenvalue weighted by Crippen LogP contribution is 2.34. The zero-order valence-corrected chi connectivity index (χ0v) is 17.7. The number of hydrogen-bond acceptors (Lipinski definition) is 6. The van der Waals surface area contributed by atoms with Gasteiger partial charge in [0.15, 0.2) is 6.17 Å². The molecule has 30 heavy (non-hydrogen) atoms. The molecule has 4 rings (SSSR count). The zero-order valence-electron chi connectivity index (χ0n) is 15.5. The smallest absolute Gasteiger partial charge is 0.221 e. The molecule has 0 amide bonds. The lowest BCUT2D eigenvalue weighted by molar-refractivity contribution is 0.481. The van der Waals surface area contributed by atoms with E-state index in [-0.39, 0.29) is 11.9 Å². The van der Waals surface area contributed by atoms with Crippen molar-refractivity contribution in [1.82, 2.24) is 0 Å². The number of nitrogens with zero attached hydrogens (tertiary/aromatic N) is 3. The van der Waals surface area contributed by atoms with Gasteiger partial charge in [-0.25, -0.2) is 4.99 Å². The van der Waals surface area contributed by atoms with E-state index in [1.54, 1.807) is 35.2 Å². The molecule has 0 fully saturated rings. The summed E-state index contributed by atoms with van der Waals surface area (Å²) in [5.41, 5.74) is 13.6. The maximum absolute atomic E-state index is 6.19. The lowest BCUT2D eigenvalue weighted by atomic mass is 10.1. The summed E-state index contributed by atoms with van der Waals surface area (Å²) < 4.78 is 5.94. The molecule has 0 aromatic heterocycles. The molecule has 3 aromatic rings. The first kappa shape index (κ1) is 20.3. The van der Waals surface area contributed by atoms with Crippen LogP contribution in [0.1, 0.15) is 11.7 Å². The topological polar surface area (TPSA) is 89.2 Å². The van der Waals surface area contributed by atoms with Gasteiger partial charge in [0.2, 0.25) is 11.9 Å². The van der Waals surface area contributed by atoms with Gasteiger partial charge in [0, 0.05) is 26.3 Å². The van der Waals surface area contributed by atoms with Gasteiger partial charge in [-0.1, -0.05) is 53.0 Å². The third-order valence-electron chi connectivity index (χ3n) is 4.29. The molecule has 1 heterocycles. The molecule has 3 aromatic carbocycles. The summed E-state index contributed by atoms with van der Waals surface area (Å²) in [6.45, 7) is 0. The molecule has 0 bridgehead atoms. The number of nitrogens with two attached hydrogens (primary N) is 2. The molecule has 9 heteroatoms. The van der Waals surface area contributed by atoms with Crippen LogP contribution in [0.3, 0.4) is 0 Å². The first-order valence-electron chi connectivity index (χ1n) is 8.85. The van der Waals surface area contributed by atoms with E-state index in [9.17, 15) is 0 Å². The number of ether oxygens (including phenoxy) is 1. The Morgan fingerprint density at radius 2 is 1.53 bits per heavy atom. The van der Waals surface area contributed by atoms with E-state index in [0.29, 0.717) is 26.6 Å². The largest absolute Gasteiger partial charge is 0.457 e. The average molecular weight is 461 g/mol. The Morgan fingerprint density at radius 1 is 0.800 bits per heavy atom. The van der Waals surface area contributed by atoms with E-state index in [2.05, 4.69) is 9.98 Å². The number of guanidine groups is 2. The van der Waals surface area contributed by atoms with E-state index in [4.69, 9.17) is 51.0 Å². The lowest BCUT2D eigenvalue weighted by Gasteiger charge is -2.33. The van der Waals surface area contributed by atoms with Crippen LogP contribution in [0.25, 0.3) is 0 Å². The maximum Gasteiger partial charge on any atom is 0.221 e. The summed E-state index contributed by atoms with van der Waals surface area (Å²) in [4.78, 5) is 10.3. The van der Waals surface area contributed by atoms with Crippen LogP contribution in [-0.2, 0) is 0 Å². The summed E-state index contributed by atoms with van der Waals surface area (Å²) in [5.74, 6) is 1.39. The lowest BCUT2D eigenvalue weighted by Crippen LogP contribution is -2.44. The third-order valence-corrected chi connectivity index (χ3v) is 4.96. The maximum atomic E-state index is 6.19. The molecule has 0 saturated carbocycles. The standard InChI is InChI=1S/C21H16Cl3N5O/c22-13-4-2-5-16(9-13)29-19(27-20(25)28-21(29)26)12-3-1-6-17(7-12)30-18-10-14(23)8-15(24)11-18/h1-11,19H,(H4,25,26,27,28)/t19-/m0/s1. The minimum absolute atomic E-state index is 0.0868. The minimum atomic E-state index is -0.549. The summed E-state index contributed by atoms with van der Waals surface area (Å²) in [7, 11) is 0. The number of hydrogen-bond donors (Lipinski definition) is 2. The van der Waals surface area contributed by atoms with Crippen LogP contribution in [0.5, 0.6) is 11.5 Å². The van der Waals surface area contributed by atoms with Crippen molar-refractivity contribution < 1.29 is 4.74 Å². The molecule has 1 aliphatic heterocycles. The molecule has 6 nitrogen and oxygen atoms in total. The van der Waals surface area contributed by atoms with Crippen molar-refractivity contribution in [3.8, 4) is 11.5 Å². The van der Waals surface area contributed by atoms with Crippen molar-refractivity contribution >= 4 is 52.4 Å². The predicted octanol–water partition coefficient (Wildman–Crippen LogP) is 5.59. The van der Waals surface area contributed by atoms with Crippen molar-refractivity contribution in [1.29, 1.82) is 0 Å². The Hall–Kier alpha value is -2.93. The molecule has 0 saturated heterocycles. The number of aliphatic imine (C=N–C) groups is 2. The highest BCUT2D eigenvalue weighted by molar-refractivity contribution is 6.34. The van der Waals surface area contributed by atoms with Gasteiger partial charge in [-0.2, -0.15) is 4.99 Å². The molecule has 1 atom stereocenters. The summed E-state index contributed by atoms with van der Waals surface area (Å²) >= 11 is 18.3. The summed E-state index contributed by atoms with van der Waals surface area (Å²) in [6.07, 6.45) is -0.549. The SMILES string of the molecule is NC1=N[C@H](c2cccc(Oc3cc(Cl)cc(Cl)c3)c2)N(c2cccc(Cl)c2)C(N)=N1. The van der Waals surface area contributed by atoms with Gasteiger partial charge in [-0.15, -0.1) is 0 Å². The van der Waals surface area contributed by atoms with Crippen LogP contribution in [-0.4, -0.2) is 11.9 Å². The second-order valence-corrected chi connectivity index (χ2v) is 7.77. The Kier molecular flexibility index (Phi) is 5.72. The fourth-order valence-corrected chi connectivity index (χ4v) is 3.78. The molecule has 0 spiro atoms. The van der Waals surface area contributed by atoms with Gasteiger partial charge in [0.25, 0.3) is 0 Å². The van der Waals surface area contributed by atoms with E-state index in [1.165, 1.54) is 0 Å². The molecule has 1 aliphatic rings. The molecular formula is C21H16Cl3N5O. The van der Waals surface area contributed by atoms with Crippen LogP contribution in [0.2, 0.25) is 15.1 Å². The van der Waals surface area contributed by atoms with E-state index in [1.807, 2.05) is 36.4 Å². The second-order valence-electron chi connectivity index (χ2n) is 6.46. The van der Waals surface area contributed by atoms with Gasteiger partial charge in [0.1, 0.15) is 11.5 Å². The monoisotopic (exact) mass is 459 g/mol. The summed E-state index contributed by atoms with van der Waals surface area (Å²) in [5, 5.41) is 1.53. The molecule has 0 unspecified atom stereocenters. The van der Waals surface area contributed by atoms with Gasteiger partial charge in [-0.05, 0) is 48.5 Å². The quantitative estimate of drug-likeness (QED) is 0.531. The van der Waals surface area contributed by atoms with Gasteiger partial charge >= 0.3 is 0 Å². The molecule has 0 aliphatic carbocycles. The van der Waals surface area contributed by atoms with Crippen LogP contribution < -0.4 is 21.1 Å². The second kappa shape index (κ2) is 8.44. The fourth-order valence-electron chi connectivity index (χ4n) is 3.09. The van der Waals surface area contributed by atoms with Crippen molar-refractivity contribution in [3.05, 3.63) is 87.4 Å². The number of anilines is 1. The zero-order chi connectivity index (χ0) is 21.3. The minimum Gasteiger partial charge on any atom is -0.457 e. The van der Waals surface area contributed by atoms with Gasteiger partial charge in [0.05, 0.1) is 0 Å². The number of rotatable bonds is 4. The molecular weight excluding hydrogens is 445 g/mol. The van der Waals surface area contributed by atoms with E-state index >= 15 is 0 Å². The predicted molar refractivity (Wildman–Crippen MR) is 123 cm³/mol. The molecule has 152 valence electrons. The van der Waals surface area contributed by atoms with Crippen molar-refractivity contribution in [2.24, 2.45) is 21.5 Å². The number of benzene rings is 3. The van der Waals surface area contributed by atoms with E-state index < -0.39 is 6.17 Å². The Bertz CT molecular complexity index is 1140. The van der Waals surface area contributed by atoms with Crippen LogP contribution in [0.15, 0.2) is 76.7 Å². The van der Waals surface area contributed by atoms with Gasteiger partial charge in [-0.3, -0.25) is 4.90 Å². The van der Waals surface area contributed by atoms with Crippen LogP contribution in [0, 0.1) is 0 Å². The Balaban J connectivity index is 1.70. The molecule has 4 N–H and O–H groups in total. The molecule has 0 radical (unpaired) electrons. The fraction of sp³-hybridized carbons (Fsp3) is 0.0476. The normalized spacial score (nSPS) is 16.1. The Labute approximate surface area is 188 Å². The highest BCUT2D eigenvalue weighted by Gasteiger charge is 2.28. The Morgan fingerprint density at radius 3 is 2.27 bits per heavy atom. The summed E-state index contributed by atoms with van der Waals surface area (Å²) in [6, 6.07) is 19.6. The van der Waals surface area contributed by atoms with Crippen molar-refractivity contribution in [3.63, 3.8) is 0 Å². The first-order chi connectivity index (χ1) is 14.4. The van der Waals surface area contributed by atoms with Gasteiger partial charge < -0.3 is 16.2 Å². The van der Waals surface area contributed by atoms with Crippen molar-refractivity contribution in [2.45, 2.75) is 6.17 Å². The van der Waals surface area contributed by atoms with Crippen molar-refractivity contribution in [2.75, 3.05) is 4.90 Å². The third kappa shape index (κ3) is 4.46. The number of halogens is 3. The van der Waals surface area contributed by atoms with Crippen LogP contribution in [0.4, 0.5) is 5.69 Å². The highest BCUT2D eigenvalue weighted by atomic mass is 35.5. The van der Waals surface area contributed by atoms with E-state index in [0.717, 1.165) is 11.3 Å². The van der Waals surface area contributed by atoms with Crippen LogP contribution >= 0.6 is 34.8 Å². The average Bonchev–Trinajstić information content (AvgIpc) is 2.67.